The lowest BCUT2D eigenvalue weighted by Gasteiger charge is -2.13. The summed E-state index contributed by atoms with van der Waals surface area (Å²) in [4.78, 5) is 23.4. The first-order valence-corrected chi connectivity index (χ1v) is 11.1. The molecule has 0 bridgehead atoms. The van der Waals surface area contributed by atoms with Gasteiger partial charge in [0, 0.05) is 6.42 Å². The first kappa shape index (κ1) is 24.9. The lowest BCUT2D eigenvalue weighted by atomic mass is 10.1. The molecule has 0 aromatic carbocycles. The number of amides is 1. The Bertz CT molecular complexity index is 344. The van der Waals surface area contributed by atoms with Crippen molar-refractivity contribution < 1.29 is 14.3 Å². The molecule has 0 rings (SSSR count). The van der Waals surface area contributed by atoms with Crippen LogP contribution in [0.4, 0.5) is 0 Å². The Labute approximate surface area is 161 Å². The van der Waals surface area contributed by atoms with Gasteiger partial charge in [-0.2, -0.15) is 0 Å². The van der Waals surface area contributed by atoms with E-state index in [1.807, 2.05) is 6.92 Å². The molecule has 0 fully saturated rings. The van der Waals surface area contributed by atoms with Crippen LogP contribution in [0.2, 0.25) is 0 Å². The van der Waals surface area contributed by atoms with Gasteiger partial charge in [-0.3, -0.25) is 4.79 Å². The molecule has 0 unspecified atom stereocenters. The van der Waals surface area contributed by atoms with E-state index in [-0.39, 0.29) is 11.9 Å². The van der Waals surface area contributed by atoms with Crippen LogP contribution in [-0.4, -0.2) is 24.5 Å². The highest BCUT2D eigenvalue weighted by atomic mass is 16.5. The summed E-state index contributed by atoms with van der Waals surface area (Å²) in [6.45, 7) is 6.45. The first-order valence-electron chi connectivity index (χ1n) is 11.1. The molecule has 1 amide bonds. The maximum absolute atomic E-state index is 11.8. The predicted molar refractivity (Wildman–Crippen MR) is 109 cm³/mol. The standard InChI is InChI=1S/C22H43NO3/c1-4-6-8-9-10-11-12-13-14-15-16-17-19-26-22(25)20(3)23-21(24)18-7-5-2/h20H,4-19H2,1-3H3,(H,23,24)/t20-/m0/s1. The van der Waals surface area contributed by atoms with Gasteiger partial charge in [0.15, 0.2) is 0 Å². The van der Waals surface area contributed by atoms with Gasteiger partial charge >= 0.3 is 5.97 Å². The molecular weight excluding hydrogens is 326 g/mol. The lowest BCUT2D eigenvalue weighted by molar-refractivity contribution is -0.147. The molecule has 0 heterocycles. The van der Waals surface area contributed by atoms with Gasteiger partial charge in [-0.15, -0.1) is 0 Å². The maximum Gasteiger partial charge on any atom is 0.328 e. The minimum absolute atomic E-state index is 0.0679. The van der Waals surface area contributed by atoms with Crippen molar-refractivity contribution in [1.29, 1.82) is 0 Å². The topological polar surface area (TPSA) is 55.4 Å². The van der Waals surface area contributed by atoms with Crippen LogP contribution >= 0.6 is 0 Å². The second-order valence-corrected chi connectivity index (χ2v) is 7.45. The lowest BCUT2D eigenvalue weighted by Crippen LogP contribution is -2.39. The summed E-state index contributed by atoms with van der Waals surface area (Å²) in [5.41, 5.74) is 0. The van der Waals surface area contributed by atoms with Gasteiger partial charge in [0.25, 0.3) is 0 Å². The molecule has 0 radical (unpaired) electrons. The first-order chi connectivity index (χ1) is 12.6. The van der Waals surface area contributed by atoms with E-state index < -0.39 is 6.04 Å². The molecule has 26 heavy (non-hydrogen) atoms. The molecule has 0 aliphatic heterocycles. The Hall–Kier alpha value is -1.06. The molecule has 1 N–H and O–H groups in total. The molecule has 0 aliphatic carbocycles. The normalized spacial score (nSPS) is 12.0. The van der Waals surface area contributed by atoms with Gasteiger partial charge in [-0.25, -0.2) is 4.79 Å². The summed E-state index contributed by atoms with van der Waals surface area (Å²) < 4.78 is 5.25. The zero-order valence-electron chi connectivity index (χ0n) is 17.6. The second-order valence-electron chi connectivity index (χ2n) is 7.45. The van der Waals surface area contributed by atoms with Crippen LogP contribution in [0.15, 0.2) is 0 Å². The van der Waals surface area contributed by atoms with E-state index in [0.29, 0.717) is 13.0 Å². The molecule has 0 aromatic heterocycles. The average molecular weight is 370 g/mol. The summed E-state index contributed by atoms with van der Waals surface area (Å²) in [5, 5.41) is 2.70. The van der Waals surface area contributed by atoms with Crippen molar-refractivity contribution in [2.24, 2.45) is 0 Å². The highest BCUT2D eigenvalue weighted by molar-refractivity contribution is 5.84. The number of hydrogen-bond acceptors (Lipinski definition) is 3. The summed E-state index contributed by atoms with van der Waals surface area (Å²) >= 11 is 0. The Morgan fingerprint density at radius 3 is 1.69 bits per heavy atom. The third-order valence-electron chi connectivity index (χ3n) is 4.73. The number of esters is 1. The van der Waals surface area contributed by atoms with E-state index >= 15 is 0 Å². The number of ether oxygens (including phenoxy) is 1. The van der Waals surface area contributed by atoms with Crippen molar-refractivity contribution in [3.63, 3.8) is 0 Å². The number of carbonyl (C=O) groups is 2. The van der Waals surface area contributed by atoms with Gasteiger partial charge in [0.1, 0.15) is 6.04 Å². The fourth-order valence-corrected chi connectivity index (χ4v) is 2.95. The van der Waals surface area contributed by atoms with Crippen molar-refractivity contribution in [3.05, 3.63) is 0 Å². The number of hydrogen-bond donors (Lipinski definition) is 1. The summed E-state index contributed by atoms with van der Waals surface area (Å²) in [7, 11) is 0. The Balaban J connectivity index is 3.38. The van der Waals surface area contributed by atoms with Crippen molar-refractivity contribution >= 4 is 11.9 Å². The van der Waals surface area contributed by atoms with E-state index in [1.165, 1.54) is 64.2 Å². The summed E-state index contributed by atoms with van der Waals surface area (Å²) in [5.74, 6) is -0.389. The molecule has 0 saturated heterocycles. The molecule has 154 valence electrons. The van der Waals surface area contributed by atoms with Crippen LogP contribution in [0.1, 0.15) is 117 Å². The number of nitrogens with one attached hydrogen (secondary N) is 1. The highest BCUT2D eigenvalue weighted by Crippen LogP contribution is 2.12. The van der Waals surface area contributed by atoms with Crippen LogP contribution in [0.5, 0.6) is 0 Å². The van der Waals surface area contributed by atoms with Gasteiger partial charge in [-0.05, 0) is 19.8 Å². The third-order valence-corrected chi connectivity index (χ3v) is 4.73. The molecule has 4 heteroatoms. The number of rotatable bonds is 18. The van der Waals surface area contributed by atoms with Gasteiger partial charge in [0.2, 0.25) is 5.91 Å². The predicted octanol–water partition coefficient (Wildman–Crippen LogP) is 5.93. The van der Waals surface area contributed by atoms with E-state index in [9.17, 15) is 9.59 Å². The molecule has 0 spiro atoms. The molecule has 0 saturated carbocycles. The quantitative estimate of drug-likeness (QED) is 0.241. The monoisotopic (exact) mass is 369 g/mol. The fourth-order valence-electron chi connectivity index (χ4n) is 2.95. The van der Waals surface area contributed by atoms with Crippen LogP contribution in [0.25, 0.3) is 0 Å². The van der Waals surface area contributed by atoms with E-state index in [2.05, 4.69) is 12.2 Å². The van der Waals surface area contributed by atoms with Crippen molar-refractivity contribution in [2.75, 3.05) is 6.61 Å². The highest BCUT2D eigenvalue weighted by Gasteiger charge is 2.16. The van der Waals surface area contributed by atoms with Gasteiger partial charge in [-0.1, -0.05) is 90.9 Å². The van der Waals surface area contributed by atoms with Gasteiger partial charge in [0.05, 0.1) is 6.61 Å². The zero-order chi connectivity index (χ0) is 19.5. The fraction of sp³-hybridized carbons (Fsp3) is 0.909. The molecule has 4 nitrogen and oxygen atoms in total. The second kappa shape index (κ2) is 18.7. The van der Waals surface area contributed by atoms with Crippen LogP contribution in [-0.2, 0) is 14.3 Å². The Kier molecular flexibility index (Phi) is 18.0. The van der Waals surface area contributed by atoms with E-state index in [1.54, 1.807) is 6.92 Å². The molecule has 1 atom stereocenters. The Morgan fingerprint density at radius 1 is 0.731 bits per heavy atom. The third kappa shape index (κ3) is 16.4. The van der Waals surface area contributed by atoms with E-state index in [4.69, 9.17) is 4.74 Å². The minimum atomic E-state index is -0.545. The SMILES string of the molecule is CCCCCCCCCCCCCCOC(=O)[C@H](C)NC(=O)CCCC. The van der Waals surface area contributed by atoms with E-state index in [0.717, 1.165) is 25.7 Å². The zero-order valence-corrected chi connectivity index (χ0v) is 17.6. The average Bonchev–Trinajstić information content (AvgIpc) is 2.63. The minimum Gasteiger partial charge on any atom is -0.464 e. The maximum atomic E-state index is 11.8. The van der Waals surface area contributed by atoms with Gasteiger partial charge < -0.3 is 10.1 Å². The largest absolute Gasteiger partial charge is 0.464 e. The Morgan fingerprint density at radius 2 is 1.19 bits per heavy atom. The van der Waals surface area contributed by atoms with Crippen LogP contribution in [0.3, 0.4) is 0 Å². The molecule has 0 aromatic rings. The molecule has 0 aliphatic rings. The smallest absolute Gasteiger partial charge is 0.328 e. The van der Waals surface area contributed by atoms with Crippen molar-refractivity contribution in [2.45, 2.75) is 123 Å². The van der Waals surface area contributed by atoms with Crippen molar-refractivity contribution in [3.8, 4) is 0 Å². The number of unbranched alkanes of at least 4 members (excludes halogenated alkanes) is 12. The van der Waals surface area contributed by atoms with Crippen LogP contribution < -0.4 is 5.32 Å². The number of carbonyl (C=O) groups excluding carboxylic acids is 2. The molecular formula is C22H43NO3. The van der Waals surface area contributed by atoms with Crippen molar-refractivity contribution in [1.82, 2.24) is 5.32 Å². The van der Waals surface area contributed by atoms with Crippen LogP contribution in [0, 0.1) is 0 Å². The summed E-state index contributed by atoms with van der Waals surface area (Å²) in [6.07, 6.45) is 17.8. The summed E-state index contributed by atoms with van der Waals surface area (Å²) in [6, 6.07) is -0.545.